The normalized spacial score (nSPS) is 12.8. The summed E-state index contributed by atoms with van der Waals surface area (Å²) in [5.41, 5.74) is 2.48. The number of aryl methyl sites for hydroxylation is 1. The maximum absolute atomic E-state index is 5.38. The predicted molar refractivity (Wildman–Crippen MR) is 77.2 cm³/mol. The van der Waals surface area contributed by atoms with Gasteiger partial charge in [-0.15, -0.1) is 0 Å². The van der Waals surface area contributed by atoms with E-state index in [0.29, 0.717) is 12.1 Å². The van der Waals surface area contributed by atoms with Crippen LogP contribution in [0.3, 0.4) is 0 Å². The van der Waals surface area contributed by atoms with Crippen molar-refractivity contribution in [3.8, 4) is 5.75 Å². The highest BCUT2D eigenvalue weighted by atomic mass is 16.5. The highest BCUT2D eigenvalue weighted by molar-refractivity contribution is 5.36. The van der Waals surface area contributed by atoms with Crippen molar-refractivity contribution < 1.29 is 4.74 Å². The van der Waals surface area contributed by atoms with Crippen LogP contribution in [0.2, 0.25) is 0 Å². The van der Waals surface area contributed by atoms with Gasteiger partial charge in [0.2, 0.25) is 0 Å². The van der Waals surface area contributed by atoms with E-state index in [4.69, 9.17) is 4.74 Å². The van der Waals surface area contributed by atoms with Crippen LogP contribution in [0.5, 0.6) is 5.75 Å². The summed E-state index contributed by atoms with van der Waals surface area (Å²) in [6.45, 7) is 10.4. The highest BCUT2D eigenvalue weighted by Gasteiger charge is 2.06. The second-order valence-corrected chi connectivity index (χ2v) is 5.16. The van der Waals surface area contributed by atoms with Gasteiger partial charge >= 0.3 is 0 Å². The van der Waals surface area contributed by atoms with Gasteiger partial charge in [-0.2, -0.15) is 0 Å². The molecule has 1 aromatic carbocycles. The Hall–Kier alpha value is -1.06. The number of rotatable bonds is 7. The molecule has 0 saturated carbocycles. The van der Waals surface area contributed by atoms with Crippen LogP contribution in [0.15, 0.2) is 18.2 Å². The van der Waals surface area contributed by atoms with E-state index in [1.807, 2.05) is 6.07 Å². The lowest BCUT2D eigenvalue weighted by molar-refractivity contribution is 0.403. The van der Waals surface area contributed by atoms with Crippen molar-refractivity contribution in [3.63, 3.8) is 0 Å². The van der Waals surface area contributed by atoms with Crippen LogP contribution >= 0.6 is 0 Å². The molecule has 1 atom stereocenters. The number of methoxy groups -OCH3 is 1. The largest absolute Gasteiger partial charge is 0.496 e. The molecule has 0 heterocycles. The van der Waals surface area contributed by atoms with Gasteiger partial charge in [-0.25, -0.2) is 0 Å². The average Bonchev–Trinajstić information content (AvgIpc) is 2.34. The van der Waals surface area contributed by atoms with E-state index in [1.54, 1.807) is 7.11 Å². The molecular weight excluding hydrogens is 224 g/mol. The third kappa shape index (κ3) is 5.07. The van der Waals surface area contributed by atoms with Gasteiger partial charge in [0.25, 0.3) is 0 Å². The first kappa shape index (κ1) is 15.0. The lowest BCUT2D eigenvalue weighted by atomic mass is 10.1. The molecule has 0 spiro atoms. The molecule has 1 aromatic rings. The van der Waals surface area contributed by atoms with Gasteiger partial charge in [-0.3, -0.25) is 0 Å². The molecule has 0 aliphatic carbocycles. The smallest absolute Gasteiger partial charge is 0.123 e. The fourth-order valence-electron chi connectivity index (χ4n) is 1.81. The van der Waals surface area contributed by atoms with E-state index in [9.17, 15) is 0 Å². The molecule has 0 fully saturated rings. The minimum atomic E-state index is 0.442. The zero-order chi connectivity index (χ0) is 13.5. The Bertz CT molecular complexity index is 364. The molecular formula is C15H26N2O. The molecule has 0 bridgehead atoms. The van der Waals surface area contributed by atoms with Crippen molar-refractivity contribution in [3.05, 3.63) is 29.3 Å². The fourth-order valence-corrected chi connectivity index (χ4v) is 1.81. The van der Waals surface area contributed by atoms with Crippen molar-refractivity contribution in [2.75, 3.05) is 13.7 Å². The van der Waals surface area contributed by atoms with Crippen LogP contribution in [0.4, 0.5) is 0 Å². The minimum Gasteiger partial charge on any atom is -0.496 e. The molecule has 0 aromatic heterocycles. The lowest BCUT2D eigenvalue weighted by Gasteiger charge is -2.17. The Kier molecular flexibility index (Phi) is 6.16. The van der Waals surface area contributed by atoms with Gasteiger partial charge in [0, 0.05) is 30.7 Å². The summed E-state index contributed by atoms with van der Waals surface area (Å²) in [6, 6.07) is 7.25. The van der Waals surface area contributed by atoms with Crippen molar-refractivity contribution in [2.45, 2.75) is 46.3 Å². The predicted octanol–water partition coefficient (Wildman–Crippen LogP) is 2.48. The number of hydrogen-bond donors (Lipinski definition) is 2. The first-order valence-electron chi connectivity index (χ1n) is 6.63. The summed E-state index contributed by atoms with van der Waals surface area (Å²) in [5, 5.41) is 6.94. The second kappa shape index (κ2) is 7.39. The van der Waals surface area contributed by atoms with E-state index in [2.05, 4.69) is 50.5 Å². The molecule has 0 aliphatic rings. The molecule has 0 saturated heterocycles. The fraction of sp³-hybridized carbons (Fsp3) is 0.600. The minimum absolute atomic E-state index is 0.442. The van der Waals surface area contributed by atoms with Gasteiger partial charge in [-0.05, 0) is 19.9 Å². The van der Waals surface area contributed by atoms with E-state index >= 15 is 0 Å². The highest BCUT2D eigenvalue weighted by Crippen LogP contribution is 2.19. The summed E-state index contributed by atoms with van der Waals surface area (Å²) in [6.07, 6.45) is 0. The Balaban J connectivity index is 2.49. The maximum atomic E-state index is 5.38. The molecule has 3 nitrogen and oxygen atoms in total. The van der Waals surface area contributed by atoms with E-state index < -0.39 is 0 Å². The Labute approximate surface area is 111 Å². The van der Waals surface area contributed by atoms with Crippen LogP contribution in [0, 0.1) is 6.92 Å². The van der Waals surface area contributed by atoms with Crippen LogP contribution in [-0.4, -0.2) is 25.7 Å². The third-order valence-corrected chi connectivity index (χ3v) is 2.91. The molecule has 102 valence electrons. The lowest BCUT2D eigenvalue weighted by Crippen LogP contribution is -2.38. The quantitative estimate of drug-likeness (QED) is 0.780. The van der Waals surface area contributed by atoms with Crippen LogP contribution in [0.25, 0.3) is 0 Å². The maximum Gasteiger partial charge on any atom is 0.123 e. The Morgan fingerprint density at radius 3 is 2.50 bits per heavy atom. The Morgan fingerprint density at radius 1 is 1.17 bits per heavy atom. The number of ether oxygens (including phenoxy) is 1. The van der Waals surface area contributed by atoms with Crippen LogP contribution in [-0.2, 0) is 6.54 Å². The SMILES string of the molecule is COc1ccc(C)cc1CNC(C)CNC(C)C. The zero-order valence-corrected chi connectivity index (χ0v) is 12.2. The van der Waals surface area contributed by atoms with Crippen molar-refractivity contribution in [1.82, 2.24) is 10.6 Å². The molecule has 0 radical (unpaired) electrons. The van der Waals surface area contributed by atoms with Crippen molar-refractivity contribution >= 4 is 0 Å². The molecule has 3 heteroatoms. The molecule has 18 heavy (non-hydrogen) atoms. The summed E-state index contributed by atoms with van der Waals surface area (Å²) in [5.74, 6) is 0.956. The van der Waals surface area contributed by atoms with Gasteiger partial charge in [0.15, 0.2) is 0 Å². The van der Waals surface area contributed by atoms with Gasteiger partial charge in [0.1, 0.15) is 5.75 Å². The standard InChI is InChI=1S/C15H26N2O/c1-11(2)16-9-13(4)17-10-14-8-12(3)6-7-15(14)18-5/h6-8,11,13,16-17H,9-10H2,1-5H3. The average molecular weight is 250 g/mol. The summed E-state index contributed by atoms with van der Waals surface area (Å²) >= 11 is 0. The molecule has 0 aliphatic heterocycles. The van der Waals surface area contributed by atoms with E-state index in [-0.39, 0.29) is 0 Å². The number of benzene rings is 1. The summed E-state index contributed by atoms with van der Waals surface area (Å²) < 4.78 is 5.38. The number of hydrogen-bond acceptors (Lipinski definition) is 3. The topological polar surface area (TPSA) is 33.3 Å². The first-order valence-corrected chi connectivity index (χ1v) is 6.63. The molecule has 2 N–H and O–H groups in total. The molecule has 0 amide bonds. The van der Waals surface area contributed by atoms with E-state index in [1.165, 1.54) is 11.1 Å². The monoisotopic (exact) mass is 250 g/mol. The first-order chi connectivity index (χ1) is 8.52. The van der Waals surface area contributed by atoms with Gasteiger partial charge in [0.05, 0.1) is 7.11 Å². The van der Waals surface area contributed by atoms with Gasteiger partial charge in [-0.1, -0.05) is 31.5 Å². The summed E-state index contributed by atoms with van der Waals surface area (Å²) in [4.78, 5) is 0. The van der Waals surface area contributed by atoms with Gasteiger partial charge < -0.3 is 15.4 Å². The molecule has 1 rings (SSSR count). The van der Waals surface area contributed by atoms with Crippen molar-refractivity contribution in [2.24, 2.45) is 0 Å². The van der Waals surface area contributed by atoms with Crippen LogP contribution < -0.4 is 15.4 Å². The van der Waals surface area contributed by atoms with Crippen LogP contribution in [0.1, 0.15) is 31.9 Å². The van der Waals surface area contributed by atoms with E-state index in [0.717, 1.165) is 18.8 Å². The Morgan fingerprint density at radius 2 is 1.89 bits per heavy atom. The molecule has 1 unspecified atom stereocenters. The number of nitrogens with one attached hydrogen (secondary N) is 2. The third-order valence-electron chi connectivity index (χ3n) is 2.91. The summed E-state index contributed by atoms with van der Waals surface area (Å²) in [7, 11) is 1.72. The zero-order valence-electron chi connectivity index (χ0n) is 12.2. The second-order valence-electron chi connectivity index (χ2n) is 5.16. The van der Waals surface area contributed by atoms with Crippen molar-refractivity contribution in [1.29, 1.82) is 0 Å².